The lowest BCUT2D eigenvalue weighted by Gasteiger charge is -2.29. The molecule has 0 spiro atoms. The summed E-state index contributed by atoms with van der Waals surface area (Å²) in [6, 6.07) is 13.1. The molecule has 0 heterocycles. The number of benzene rings is 2. The number of methoxy groups -OCH3 is 2. The quantitative estimate of drug-likeness (QED) is 0.0702. The van der Waals surface area contributed by atoms with Crippen molar-refractivity contribution < 1.29 is 19.7 Å². The smallest absolute Gasteiger partial charge is 0.208 e. The number of phenols is 2. The van der Waals surface area contributed by atoms with Gasteiger partial charge in [-0.2, -0.15) is 5.26 Å². The maximum Gasteiger partial charge on any atom is 0.208 e. The number of allylic oxidation sites excluding steroid dienone is 8. The van der Waals surface area contributed by atoms with E-state index in [0.29, 0.717) is 12.0 Å². The molecule has 0 radical (unpaired) electrons. The summed E-state index contributed by atoms with van der Waals surface area (Å²) in [7, 11) is 1.01. The van der Waals surface area contributed by atoms with Gasteiger partial charge in [-0.1, -0.05) is 104 Å². The van der Waals surface area contributed by atoms with Gasteiger partial charge in [0.1, 0.15) is 24.2 Å². The first-order valence-electron chi connectivity index (χ1n) is 18.5. The minimum absolute atomic E-state index is 0.0176. The fraction of sp³-hybridized carbons (Fsp3) is 0.512. The summed E-state index contributed by atoms with van der Waals surface area (Å²) in [5.41, 5.74) is 0.468. The van der Waals surface area contributed by atoms with Crippen LogP contribution in [0.15, 0.2) is 77.4 Å². The van der Waals surface area contributed by atoms with E-state index in [4.69, 9.17) is 9.47 Å². The Balaban J connectivity index is 0. The Morgan fingerprint density at radius 3 is 1.51 bits per heavy atom. The zero-order valence-corrected chi connectivity index (χ0v) is 33.9. The molecule has 274 valence electrons. The number of unbranched alkanes of at least 4 members (excludes halogenated alkanes) is 7. The van der Waals surface area contributed by atoms with Gasteiger partial charge in [0.2, 0.25) is 11.5 Å². The van der Waals surface area contributed by atoms with Crippen LogP contribution in [-0.4, -0.2) is 30.6 Å². The molecular formula is C43H69NO4P+. The van der Waals surface area contributed by atoms with Crippen molar-refractivity contribution >= 4 is 12.6 Å². The Bertz CT molecular complexity index is 1290. The summed E-state index contributed by atoms with van der Waals surface area (Å²) >= 11 is 0. The van der Waals surface area contributed by atoms with Crippen LogP contribution in [0, 0.1) is 11.3 Å². The van der Waals surface area contributed by atoms with Crippen molar-refractivity contribution in [3.63, 3.8) is 0 Å². The maximum atomic E-state index is 10.7. The molecule has 2 aromatic carbocycles. The first kappa shape index (κ1) is 47.6. The molecule has 0 aliphatic carbocycles. The molecule has 49 heavy (non-hydrogen) atoms. The summed E-state index contributed by atoms with van der Waals surface area (Å²) < 4.78 is 10.4. The highest BCUT2D eigenvalue weighted by atomic mass is 31.2. The monoisotopic (exact) mass is 694 g/mol. The molecule has 0 aliphatic rings. The molecule has 2 rings (SSSR count). The van der Waals surface area contributed by atoms with Gasteiger partial charge in [0.05, 0.1) is 31.0 Å². The summed E-state index contributed by atoms with van der Waals surface area (Å²) in [4.78, 5) is 0. The van der Waals surface area contributed by atoms with Crippen LogP contribution in [-0.2, 0) is 6.42 Å². The summed E-state index contributed by atoms with van der Waals surface area (Å²) in [6.07, 6.45) is 24.1. The minimum Gasteiger partial charge on any atom is -0.504 e. The van der Waals surface area contributed by atoms with Crippen molar-refractivity contribution in [3.05, 3.63) is 88.5 Å². The van der Waals surface area contributed by atoms with Crippen LogP contribution in [0.4, 0.5) is 0 Å². The van der Waals surface area contributed by atoms with E-state index >= 15 is 0 Å². The number of ether oxygens (including phenoxy) is 2. The summed E-state index contributed by atoms with van der Waals surface area (Å²) in [5, 5.41) is 35.0. The van der Waals surface area contributed by atoms with E-state index in [1.165, 1.54) is 55.8 Å². The van der Waals surface area contributed by atoms with Crippen LogP contribution in [0.25, 0.3) is 0 Å². The van der Waals surface area contributed by atoms with Gasteiger partial charge >= 0.3 is 0 Å². The third-order valence-corrected chi connectivity index (χ3v) is 12.7. The van der Waals surface area contributed by atoms with E-state index in [2.05, 4.69) is 94.5 Å². The van der Waals surface area contributed by atoms with Gasteiger partial charge in [0.25, 0.3) is 0 Å². The zero-order valence-electron chi connectivity index (χ0n) is 33.0. The highest BCUT2D eigenvalue weighted by Crippen LogP contribution is 2.72. The Morgan fingerprint density at radius 2 is 1.10 bits per heavy atom. The van der Waals surface area contributed by atoms with Gasteiger partial charge in [0.15, 0.2) is 11.5 Å². The predicted octanol–water partition coefficient (Wildman–Crippen LogP) is 13.0. The van der Waals surface area contributed by atoms with Crippen molar-refractivity contribution in [2.75, 3.05) is 20.4 Å². The Hall–Kier alpha value is -3.48. The first-order valence-corrected chi connectivity index (χ1v) is 20.5. The topological polar surface area (TPSA) is 82.7 Å². The number of aromatic hydroxyl groups is 2. The van der Waals surface area contributed by atoms with Crippen molar-refractivity contribution in [2.24, 2.45) is 0 Å². The highest BCUT2D eigenvalue weighted by molar-refractivity contribution is 7.90. The molecule has 5 nitrogen and oxygen atoms in total. The number of hydrogen-bond donors (Lipinski definition) is 2. The summed E-state index contributed by atoms with van der Waals surface area (Å²) in [6.45, 7) is 20.6. The van der Waals surface area contributed by atoms with Gasteiger partial charge in [-0.25, -0.2) is 0 Å². The van der Waals surface area contributed by atoms with Crippen molar-refractivity contribution in [3.8, 4) is 29.1 Å². The third-order valence-electron chi connectivity index (χ3n) is 8.00. The van der Waals surface area contributed by atoms with Gasteiger partial charge in [-0.3, -0.25) is 0 Å². The fourth-order valence-corrected chi connectivity index (χ4v) is 10.7. The van der Waals surface area contributed by atoms with Crippen molar-refractivity contribution in [1.29, 1.82) is 5.26 Å². The zero-order chi connectivity index (χ0) is 37.7. The third kappa shape index (κ3) is 13.7. The standard InChI is InChI=1S/C37H50NO4P.3C2H6/c1-7-22-29(9-3)43(30(10-4)23-8-2,31-24-18-17-19-25-31)27-21-16-14-12-11-13-15-20-26-32-33(28-38)35(40)37(42-6)36(41-5)34(32)39;3*1-2/h7-10,17-19,22-25H,11-16,20-21,26-27H2,1-6H3,(H-,39,40);3*1-2H3/p+1/b22-7-,23-8-,29-9+,30-10+;;;. The van der Waals surface area contributed by atoms with Gasteiger partial charge < -0.3 is 19.7 Å². The van der Waals surface area contributed by atoms with E-state index in [9.17, 15) is 15.5 Å². The SMILES string of the molecule is C/C=C\C(=C/C)[P+](CCCCCCCCCCc1c(O)c(OC)c(OC)c(O)c1C#N)(C(/C=C\C)=C/C)c1ccccc1.CC.CC.CC. The molecule has 0 atom stereocenters. The predicted molar refractivity (Wildman–Crippen MR) is 217 cm³/mol. The van der Waals surface area contributed by atoms with Crippen LogP contribution in [0.5, 0.6) is 23.0 Å². The molecule has 0 aromatic heterocycles. The van der Waals surface area contributed by atoms with Gasteiger partial charge in [-0.15, -0.1) is 0 Å². The molecule has 0 unspecified atom stereocenters. The maximum absolute atomic E-state index is 10.7. The molecule has 0 bridgehead atoms. The van der Waals surface area contributed by atoms with Crippen LogP contribution in [0.3, 0.4) is 0 Å². The Labute approximate surface area is 301 Å². The molecule has 6 heteroatoms. The second kappa shape index (κ2) is 29.4. The average Bonchev–Trinajstić information content (AvgIpc) is 3.16. The van der Waals surface area contributed by atoms with Gasteiger partial charge in [-0.05, 0) is 89.8 Å². The van der Waals surface area contributed by atoms with E-state index in [-0.39, 0.29) is 28.6 Å². The van der Waals surface area contributed by atoms with Gasteiger partial charge in [0, 0.05) is 5.56 Å². The second-order valence-electron chi connectivity index (χ2n) is 10.6. The largest absolute Gasteiger partial charge is 0.504 e. The molecule has 0 amide bonds. The Morgan fingerprint density at radius 1 is 0.673 bits per heavy atom. The average molecular weight is 695 g/mol. The van der Waals surface area contributed by atoms with E-state index in [0.717, 1.165) is 31.8 Å². The molecule has 2 N–H and O–H groups in total. The minimum atomic E-state index is -1.76. The lowest BCUT2D eigenvalue weighted by molar-refractivity contribution is 0.314. The lowest BCUT2D eigenvalue weighted by Crippen LogP contribution is -2.17. The molecule has 0 fully saturated rings. The summed E-state index contributed by atoms with van der Waals surface area (Å²) in [5.74, 6) is -0.370. The molecule has 0 saturated carbocycles. The van der Waals surface area contributed by atoms with Crippen LogP contribution >= 0.6 is 7.26 Å². The van der Waals surface area contributed by atoms with Crippen LogP contribution in [0.1, 0.15) is 132 Å². The molecular weight excluding hydrogens is 625 g/mol. The number of hydrogen-bond acceptors (Lipinski definition) is 5. The molecule has 2 aromatic rings. The number of nitriles is 1. The fourth-order valence-electron chi connectivity index (χ4n) is 5.93. The van der Waals surface area contributed by atoms with E-state index in [1.807, 2.05) is 47.6 Å². The molecule has 0 aliphatic heterocycles. The number of phenolic OH excluding ortho intramolecular Hbond substituents is 2. The number of rotatable bonds is 18. The lowest BCUT2D eigenvalue weighted by atomic mass is 9.98. The number of nitrogens with zero attached hydrogens (tertiary/aromatic N) is 1. The van der Waals surface area contributed by atoms with Crippen molar-refractivity contribution in [1.82, 2.24) is 0 Å². The van der Waals surface area contributed by atoms with E-state index in [1.54, 1.807) is 0 Å². The van der Waals surface area contributed by atoms with E-state index < -0.39 is 7.26 Å². The highest BCUT2D eigenvalue weighted by Gasteiger charge is 2.45. The second-order valence-corrected chi connectivity index (χ2v) is 14.2. The molecule has 0 saturated heterocycles. The van der Waals surface area contributed by atoms with Crippen LogP contribution in [0.2, 0.25) is 0 Å². The van der Waals surface area contributed by atoms with Crippen LogP contribution < -0.4 is 14.8 Å². The normalized spacial score (nSPS) is 12.5. The first-order chi connectivity index (χ1) is 23.9. The van der Waals surface area contributed by atoms with Crippen molar-refractivity contribution in [2.45, 2.75) is 127 Å². The Kier molecular flexibility index (Phi) is 28.6.